The van der Waals surface area contributed by atoms with Crippen molar-refractivity contribution < 1.29 is 86.7 Å². The summed E-state index contributed by atoms with van der Waals surface area (Å²) in [6.45, 7) is 0. The number of rotatable bonds is 12. The zero-order valence-corrected chi connectivity index (χ0v) is 26.4. The van der Waals surface area contributed by atoms with Crippen LogP contribution in [0.25, 0.3) is 0 Å². The lowest BCUT2D eigenvalue weighted by Crippen LogP contribution is -2.75. The third-order valence-corrected chi connectivity index (χ3v) is 12.3. The second kappa shape index (κ2) is 12.8. The molecular formula is C26H13Cl2F17O3S2. The lowest BCUT2D eigenvalue weighted by atomic mass is 9.91. The van der Waals surface area contributed by atoms with Gasteiger partial charge in [-0.05, 0) is 71.0 Å². The molecule has 3 aromatic rings. The van der Waals surface area contributed by atoms with Crippen LogP contribution < -0.4 is 0 Å². The van der Waals surface area contributed by atoms with Gasteiger partial charge in [0.25, 0.3) is 0 Å². The van der Waals surface area contributed by atoms with E-state index in [0.29, 0.717) is 0 Å². The molecule has 0 saturated heterocycles. The van der Waals surface area contributed by atoms with E-state index < -0.39 is 82.1 Å². The van der Waals surface area contributed by atoms with Gasteiger partial charge in [-0.25, -0.2) is 3.63 Å². The molecule has 0 aromatic heterocycles. The maximum Gasteiger partial charge on any atom is 0.460 e. The SMILES string of the molecule is O=S(=O)(OS(c1ccccc1)(c1ccc(Cl)cc1)c1ccc(Cl)cc1)C(F)(F)C(F)(F)C(F)(F)C(F)(F)C(F)(F)C(F)(F)C(F)(F)C(F)(F)F. The summed E-state index contributed by atoms with van der Waals surface area (Å²) in [5.41, 5.74) is 0. The zero-order chi connectivity index (χ0) is 38.8. The van der Waals surface area contributed by atoms with E-state index in [1.807, 2.05) is 0 Å². The summed E-state index contributed by atoms with van der Waals surface area (Å²) in [7, 11) is -12.6. The van der Waals surface area contributed by atoms with E-state index in [1.165, 1.54) is 6.07 Å². The van der Waals surface area contributed by atoms with Gasteiger partial charge in [-0.1, -0.05) is 41.4 Å². The number of hydrogen-bond donors (Lipinski definition) is 0. The van der Waals surface area contributed by atoms with E-state index in [2.05, 4.69) is 3.63 Å². The summed E-state index contributed by atoms with van der Waals surface area (Å²) in [6.07, 6.45) is -7.94. The second-order valence-electron chi connectivity index (χ2n) is 9.76. The normalized spacial score (nSPS) is 15.3. The van der Waals surface area contributed by atoms with Gasteiger partial charge < -0.3 is 0 Å². The van der Waals surface area contributed by atoms with Gasteiger partial charge in [0.15, 0.2) is 0 Å². The summed E-state index contributed by atoms with van der Waals surface area (Å²) in [4.78, 5) is -1.77. The van der Waals surface area contributed by atoms with E-state index in [-0.39, 0.29) is 10.0 Å². The Morgan fingerprint density at radius 3 is 1.06 bits per heavy atom. The molecule has 0 aliphatic carbocycles. The Labute approximate surface area is 280 Å². The van der Waals surface area contributed by atoms with Gasteiger partial charge in [-0.3, -0.25) is 0 Å². The molecule has 0 N–H and O–H groups in total. The highest BCUT2D eigenvalue weighted by atomic mass is 35.5. The maximum absolute atomic E-state index is 15.3. The van der Waals surface area contributed by atoms with Crippen LogP contribution in [0, 0.1) is 0 Å². The fourth-order valence-electron chi connectivity index (χ4n) is 3.87. The van der Waals surface area contributed by atoms with Crippen LogP contribution in [-0.2, 0) is 13.7 Å². The fourth-order valence-corrected chi connectivity index (χ4v) is 9.32. The van der Waals surface area contributed by atoms with Crippen LogP contribution in [0.3, 0.4) is 0 Å². The molecule has 0 saturated carbocycles. The number of benzene rings is 3. The molecule has 0 amide bonds. The quantitative estimate of drug-likeness (QED) is 0.171. The van der Waals surface area contributed by atoms with Crippen molar-refractivity contribution in [1.29, 1.82) is 0 Å². The molecule has 0 aliphatic heterocycles. The molecule has 0 atom stereocenters. The summed E-state index contributed by atoms with van der Waals surface area (Å²) in [6, 6.07) is 12.2. The van der Waals surface area contributed by atoms with Crippen molar-refractivity contribution in [3.63, 3.8) is 0 Å². The Hall–Kier alpha value is -2.69. The van der Waals surface area contributed by atoms with Crippen molar-refractivity contribution in [2.24, 2.45) is 0 Å². The van der Waals surface area contributed by atoms with Gasteiger partial charge in [0.2, 0.25) is 0 Å². The summed E-state index contributed by atoms with van der Waals surface area (Å²) in [5.74, 6) is -52.5. The Morgan fingerprint density at radius 2 is 0.720 bits per heavy atom. The third-order valence-electron chi connectivity index (χ3n) is 6.57. The minimum atomic E-state index is -8.99. The molecule has 0 fully saturated rings. The molecule has 0 spiro atoms. The van der Waals surface area contributed by atoms with Crippen LogP contribution in [0.1, 0.15) is 0 Å². The monoisotopic (exact) mass is 830 g/mol. The van der Waals surface area contributed by atoms with Crippen LogP contribution in [0.5, 0.6) is 0 Å². The first kappa shape index (κ1) is 41.7. The lowest BCUT2D eigenvalue weighted by molar-refractivity contribution is -0.458. The molecular weight excluding hydrogens is 818 g/mol. The smallest absolute Gasteiger partial charge is 0.202 e. The van der Waals surface area contributed by atoms with Crippen LogP contribution in [0.4, 0.5) is 74.6 Å². The largest absolute Gasteiger partial charge is 0.460 e. The summed E-state index contributed by atoms with van der Waals surface area (Å²) in [5, 5.41) is -8.21. The Morgan fingerprint density at radius 1 is 0.420 bits per heavy atom. The predicted molar refractivity (Wildman–Crippen MR) is 142 cm³/mol. The van der Waals surface area contributed by atoms with E-state index in [9.17, 15) is 74.3 Å². The first-order chi connectivity index (χ1) is 22.3. The molecule has 0 aliphatic rings. The zero-order valence-electron chi connectivity index (χ0n) is 23.2. The average molecular weight is 831 g/mol. The minimum absolute atomic E-state index is 0.151. The van der Waals surface area contributed by atoms with E-state index in [1.54, 1.807) is 0 Å². The highest BCUT2D eigenvalue weighted by Gasteiger charge is 2.96. The van der Waals surface area contributed by atoms with Crippen molar-refractivity contribution in [3.8, 4) is 0 Å². The first-order valence-corrected chi connectivity index (χ1v) is 16.1. The Bertz CT molecular complexity index is 1740. The summed E-state index contributed by atoms with van der Waals surface area (Å²) >= 11 is 11.6. The topological polar surface area (TPSA) is 43.4 Å². The highest BCUT2D eigenvalue weighted by Crippen LogP contribution is 2.72. The van der Waals surface area contributed by atoms with Crippen LogP contribution in [0.15, 0.2) is 93.5 Å². The van der Waals surface area contributed by atoms with Gasteiger partial charge in [-0.15, -0.1) is 0 Å². The maximum atomic E-state index is 15.3. The summed E-state index contributed by atoms with van der Waals surface area (Å²) < 4.78 is 267. The van der Waals surface area contributed by atoms with Crippen molar-refractivity contribution in [3.05, 3.63) is 88.9 Å². The van der Waals surface area contributed by atoms with E-state index >= 15 is 8.78 Å². The molecule has 0 heterocycles. The van der Waals surface area contributed by atoms with Gasteiger partial charge in [0, 0.05) is 24.7 Å². The van der Waals surface area contributed by atoms with Crippen molar-refractivity contribution in [2.75, 3.05) is 0 Å². The fraction of sp³-hybridized carbons (Fsp3) is 0.308. The molecule has 0 bridgehead atoms. The van der Waals surface area contributed by atoms with E-state index in [4.69, 9.17) is 23.2 Å². The minimum Gasteiger partial charge on any atom is -0.202 e. The Balaban J connectivity index is 2.32. The molecule has 3 nitrogen and oxygen atoms in total. The molecule has 0 unspecified atom stereocenters. The van der Waals surface area contributed by atoms with Crippen LogP contribution in [0.2, 0.25) is 10.0 Å². The van der Waals surface area contributed by atoms with Crippen LogP contribution in [-0.4, -0.2) is 55.4 Å². The predicted octanol–water partition coefficient (Wildman–Crippen LogP) is 11.5. The van der Waals surface area contributed by atoms with Crippen molar-refractivity contribution in [1.82, 2.24) is 0 Å². The van der Waals surface area contributed by atoms with Crippen LogP contribution >= 0.6 is 33.5 Å². The standard InChI is InChI=1S/C26H13Cl2F17O3S2/c27-14-6-10-17(11-7-14)49(16-4-2-1-3-5-16,18-12-8-15(28)9-13-18)48-50(46,47)26(44,45)24(39,40)22(35,36)20(31,32)19(29,30)21(33,34)23(37,38)25(41,42)43/h1-13H. The Kier molecular flexibility index (Phi) is 10.7. The first-order valence-electron chi connectivity index (χ1n) is 12.4. The molecule has 3 aromatic carbocycles. The molecule has 280 valence electrons. The van der Waals surface area contributed by atoms with Gasteiger partial charge in [0.05, 0.1) is 0 Å². The molecule has 0 radical (unpaired) electrons. The second-order valence-corrected chi connectivity index (χ2v) is 15.1. The van der Waals surface area contributed by atoms with Gasteiger partial charge in [-0.2, -0.15) is 83.1 Å². The molecule has 24 heteroatoms. The lowest BCUT2D eigenvalue weighted by Gasteiger charge is -2.43. The highest BCUT2D eigenvalue weighted by molar-refractivity contribution is 8.33. The number of alkyl halides is 17. The third kappa shape index (κ3) is 6.05. The molecule has 50 heavy (non-hydrogen) atoms. The average Bonchev–Trinajstić information content (AvgIpc) is 3.00. The van der Waals surface area contributed by atoms with Gasteiger partial charge in [0.1, 0.15) is 0 Å². The van der Waals surface area contributed by atoms with Gasteiger partial charge >= 0.3 is 57.1 Å². The van der Waals surface area contributed by atoms with E-state index in [0.717, 1.165) is 72.8 Å². The molecule has 3 rings (SSSR count). The number of hydrogen-bond acceptors (Lipinski definition) is 3. The van der Waals surface area contributed by atoms with Crippen molar-refractivity contribution in [2.45, 2.75) is 61.7 Å². The number of halogens is 19. The van der Waals surface area contributed by atoms with Crippen molar-refractivity contribution >= 4 is 43.6 Å².